The number of aromatic nitrogens is 1. The van der Waals surface area contributed by atoms with Crippen molar-refractivity contribution in [3.63, 3.8) is 0 Å². The zero-order valence-corrected chi connectivity index (χ0v) is 15.2. The molecule has 1 aromatic carbocycles. The highest BCUT2D eigenvalue weighted by Crippen LogP contribution is 2.25. The minimum atomic E-state index is 0.0186. The molecule has 1 aliphatic heterocycles. The van der Waals surface area contributed by atoms with Crippen LogP contribution in [-0.4, -0.2) is 52.9 Å². The summed E-state index contributed by atoms with van der Waals surface area (Å²) in [4.78, 5) is 21.9. The van der Waals surface area contributed by atoms with Crippen molar-refractivity contribution in [1.29, 1.82) is 0 Å². The fraction of sp³-hybridized carbons (Fsp3) is 0.500. The van der Waals surface area contributed by atoms with Crippen molar-refractivity contribution in [2.75, 3.05) is 26.2 Å². The van der Waals surface area contributed by atoms with Crippen LogP contribution in [0.5, 0.6) is 0 Å². The normalized spacial score (nSPS) is 20.1. The molecule has 1 saturated heterocycles. The second-order valence-corrected chi connectivity index (χ2v) is 7.54. The van der Waals surface area contributed by atoms with Gasteiger partial charge in [-0.25, -0.2) is 4.98 Å². The fourth-order valence-corrected chi connectivity index (χ4v) is 4.35. The van der Waals surface area contributed by atoms with E-state index in [4.69, 9.17) is 11.6 Å². The van der Waals surface area contributed by atoms with E-state index in [0.29, 0.717) is 16.2 Å². The summed E-state index contributed by atoms with van der Waals surface area (Å²) >= 11 is 6.23. The lowest BCUT2D eigenvalue weighted by Gasteiger charge is -2.40. The van der Waals surface area contributed by atoms with Crippen LogP contribution in [0.25, 0.3) is 10.9 Å². The number of fused-ring (bicyclic) bond motifs is 1. The number of rotatable bonds is 2. The summed E-state index contributed by atoms with van der Waals surface area (Å²) in [6.45, 7) is 3.53. The molecule has 0 N–H and O–H groups in total. The van der Waals surface area contributed by atoms with Gasteiger partial charge in [0, 0.05) is 37.6 Å². The Morgan fingerprint density at radius 1 is 1.00 bits per heavy atom. The number of hydrogen-bond donors (Lipinski definition) is 0. The van der Waals surface area contributed by atoms with Gasteiger partial charge < -0.3 is 4.90 Å². The molecule has 0 spiro atoms. The van der Waals surface area contributed by atoms with Crippen LogP contribution in [0.4, 0.5) is 0 Å². The quantitative estimate of drug-likeness (QED) is 0.815. The standard InChI is InChI=1S/C20H24ClN3O/c21-17-8-4-5-15-9-10-18(22-19(15)17)20(25)24-13-11-23(12-14-24)16-6-2-1-3-7-16/h4-5,8-10,16H,1-3,6-7,11-14H2. The zero-order chi connectivity index (χ0) is 17.2. The van der Waals surface area contributed by atoms with Crippen molar-refractivity contribution in [2.45, 2.75) is 38.1 Å². The highest BCUT2D eigenvalue weighted by atomic mass is 35.5. The molecule has 132 valence electrons. The van der Waals surface area contributed by atoms with Crippen molar-refractivity contribution in [2.24, 2.45) is 0 Å². The summed E-state index contributed by atoms with van der Waals surface area (Å²) in [6.07, 6.45) is 6.72. The van der Waals surface area contributed by atoms with Gasteiger partial charge in [-0.3, -0.25) is 9.69 Å². The molecule has 5 heteroatoms. The predicted molar refractivity (Wildman–Crippen MR) is 101 cm³/mol. The monoisotopic (exact) mass is 357 g/mol. The molecule has 0 bridgehead atoms. The van der Waals surface area contributed by atoms with E-state index in [0.717, 1.165) is 37.6 Å². The van der Waals surface area contributed by atoms with Crippen molar-refractivity contribution in [3.8, 4) is 0 Å². The molecule has 0 radical (unpaired) electrons. The number of carbonyl (C=O) groups excluding carboxylic acids is 1. The largest absolute Gasteiger partial charge is 0.335 e. The highest BCUT2D eigenvalue weighted by Gasteiger charge is 2.28. The molecule has 2 aromatic rings. The molecule has 2 heterocycles. The summed E-state index contributed by atoms with van der Waals surface area (Å²) in [5.74, 6) is 0.0186. The Morgan fingerprint density at radius 2 is 1.76 bits per heavy atom. The first-order valence-corrected chi connectivity index (χ1v) is 9.69. The molecule has 1 amide bonds. The lowest BCUT2D eigenvalue weighted by Crippen LogP contribution is -2.52. The van der Waals surface area contributed by atoms with Gasteiger partial charge in [-0.15, -0.1) is 0 Å². The first kappa shape index (κ1) is 16.8. The van der Waals surface area contributed by atoms with Gasteiger partial charge in [-0.1, -0.05) is 49.1 Å². The minimum absolute atomic E-state index is 0.0186. The number of nitrogens with zero attached hydrogens (tertiary/aromatic N) is 3. The number of carbonyl (C=O) groups is 1. The van der Waals surface area contributed by atoms with Crippen molar-refractivity contribution >= 4 is 28.4 Å². The Hall–Kier alpha value is -1.65. The average molecular weight is 358 g/mol. The molecular weight excluding hydrogens is 334 g/mol. The van der Waals surface area contributed by atoms with Crippen LogP contribution in [-0.2, 0) is 0 Å². The van der Waals surface area contributed by atoms with Crippen LogP contribution < -0.4 is 0 Å². The second kappa shape index (κ2) is 7.30. The van der Waals surface area contributed by atoms with Gasteiger partial charge in [0.2, 0.25) is 0 Å². The second-order valence-electron chi connectivity index (χ2n) is 7.13. The third-order valence-corrected chi connectivity index (χ3v) is 5.89. The molecule has 2 fully saturated rings. The summed E-state index contributed by atoms with van der Waals surface area (Å²) in [7, 11) is 0. The van der Waals surface area contributed by atoms with Crippen molar-refractivity contribution in [1.82, 2.24) is 14.8 Å². The van der Waals surface area contributed by atoms with Gasteiger partial charge >= 0.3 is 0 Å². The van der Waals surface area contributed by atoms with Crippen LogP contribution in [0.15, 0.2) is 30.3 Å². The van der Waals surface area contributed by atoms with Gasteiger partial charge in [-0.2, -0.15) is 0 Å². The molecule has 2 aliphatic rings. The van der Waals surface area contributed by atoms with Crippen LogP contribution in [0, 0.1) is 0 Å². The number of para-hydroxylation sites is 1. The number of piperazine rings is 1. The van der Waals surface area contributed by atoms with Gasteiger partial charge in [0.25, 0.3) is 5.91 Å². The SMILES string of the molecule is O=C(c1ccc2cccc(Cl)c2n1)N1CCN(C2CCCCC2)CC1. The Kier molecular flexibility index (Phi) is 4.91. The number of hydrogen-bond acceptors (Lipinski definition) is 3. The van der Waals surface area contributed by atoms with Gasteiger partial charge in [0.05, 0.1) is 10.5 Å². The first-order valence-electron chi connectivity index (χ1n) is 9.31. The molecule has 0 atom stereocenters. The average Bonchev–Trinajstić information content (AvgIpc) is 2.68. The topological polar surface area (TPSA) is 36.4 Å². The number of pyridine rings is 1. The predicted octanol–water partition coefficient (Wildman–Crippen LogP) is 3.98. The lowest BCUT2D eigenvalue weighted by atomic mass is 9.94. The van der Waals surface area contributed by atoms with E-state index in [1.54, 1.807) is 0 Å². The van der Waals surface area contributed by atoms with Crippen molar-refractivity contribution in [3.05, 3.63) is 41.0 Å². The molecular formula is C20H24ClN3O. The lowest BCUT2D eigenvalue weighted by molar-refractivity contribution is 0.0519. The van der Waals surface area contributed by atoms with Gasteiger partial charge in [0.1, 0.15) is 5.69 Å². The number of benzene rings is 1. The van der Waals surface area contributed by atoms with E-state index < -0.39 is 0 Å². The molecule has 0 unspecified atom stereocenters. The van der Waals surface area contributed by atoms with E-state index in [-0.39, 0.29) is 5.91 Å². The van der Waals surface area contributed by atoms with E-state index in [2.05, 4.69) is 9.88 Å². The molecule has 4 rings (SSSR count). The molecule has 4 nitrogen and oxygen atoms in total. The van der Waals surface area contributed by atoms with E-state index >= 15 is 0 Å². The maximum absolute atomic E-state index is 12.8. The first-order chi connectivity index (χ1) is 12.2. The summed E-state index contributed by atoms with van der Waals surface area (Å²) < 4.78 is 0. The maximum atomic E-state index is 12.8. The van der Waals surface area contributed by atoms with Crippen LogP contribution in [0.2, 0.25) is 5.02 Å². The van der Waals surface area contributed by atoms with E-state index in [1.807, 2.05) is 35.2 Å². The Labute approximate surface area is 153 Å². The molecule has 25 heavy (non-hydrogen) atoms. The van der Waals surface area contributed by atoms with Gasteiger partial charge in [0.15, 0.2) is 0 Å². The molecule has 1 aliphatic carbocycles. The maximum Gasteiger partial charge on any atom is 0.272 e. The zero-order valence-electron chi connectivity index (χ0n) is 14.5. The third kappa shape index (κ3) is 3.51. The smallest absolute Gasteiger partial charge is 0.272 e. The minimum Gasteiger partial charge on any atom is -0.335 e. The fourth-order valence-electron chi connectivity index (χ4n) is 4.13. The Morgan fingerprint density at radius 3 is 2.52 bits per heavy atom. The van der Waals surface area contributed by atoms with Gasteiger partial charge in [-0.05, 0) is 25.0 Å². The summed E-state index contributed by atoms with van der Waals surface area (Å²) in [5, 5.41) is 1.56. The Balaban J connectivity index is 1.44. The number of halogens is 1. The summed E-state index contributed by atoms with van der Waals surface area (Å²) in [6, 6.07) is 10.1. The number of amides is 1. The summed E-state index contributed by atoms with van der Waals surface area (Å²) in [5.41, 5.74) is 1.20. The van der Waals surface area contributed by atoms with E-state index in [1.165, 1.54) is 32.1 Å². The van der Waals surface area contributed by atoms with Crippen LogP contribution >= 0.6 is 11.6 Å². The van der Waals surface area contributed by atoms with Crippen LogP contribution in [0.3, 0.4) is 0 Å². The highest BCUT2D eigenvalue weighted by molar-refractivity contribution is 6.35. The van der Waals surface area contributed by atoms with Crippen LogP contribution in [0.1, 0.15) is 42.6 Å². The molecule has 1 saturated carbocycles. The van der Waals surface area contributed by atoms with Crippen molar-refractivity contribution < 1.29 is 4.79 Å². The Bertz CT molecular complexity index is 765. The molecule has 1 aromatic heterocycles. The van der Waals surface area contributed by atoms with E-state index in [9.17, 15) is 4.79 Å². The third-order valence-electron chi connectivity index (χ3n) is 5.58.